The van der Waals surface area contributed by atoms with Crippen molar-refractivity contribution in [1.82, 2.24) is 4.57 Å². The Labute approximate surface area is 140 Å². The summed E-state index contributed by atoms with van der Waals surface area (Å²) in [5.74, 6) is -1.03. The second kappa shape index (κ2) is 7.47. The first-order valence-electron chi connectivity index (χ1n) is 7.60. The number of anilines is 1. The Bertz CT molecular complexity index is 815. The number of nitrogens with one attached hydrogen (secondary N) is 1. The molecule has 0 fully saturated rings. The fourth-order valence-electron chi connectivity index (χ4n) is 2.58. The zero-order chi connectivity index (χ0) is 17.7. The van der Waals surface area contributed by atoms with E-state index in [4.69, 9.17) is 10.00 Å². The van der Waals surface area contributed by atoms with E-state index in [-0.39, 0.29) is 0 Å². The molecule has 0 unspecified atom stereocenters. The summed E-state index contributed by atoms with van der Waals surface area (Å²) >= 11 is 0. The van der Waals surface area contributed by atoms with Crippen molar-refractivity contribution in [2.75, 3.05) is 11.9 Å². The Morgan fingerprint density at radius 1 is 1.29 bits per heavy atom. The van der Waals surface area contributed by atoms with Gasteiger partial charge >= 0.3 is 5.97 Å². The lowest BCUT2D eigenvalue weighted by Crippen LogP contribution is -2.21. The van der Waals surface area contributed by atoms with E-state index in [0.29, 0.717) is 16.8 Å². The van der Waals surface area contributed by atoms with Crippen LogP contribution in [-0.4, -0.2) is 23.1 Å². The minimum Gasteiger partial charge on any atom is -0.452 e. The topological polar surface area (TPSA) is 84.1 Å². The van der Waals surface area contributed by atoms with E-state index in [1.807, 2.05) is 31.4 Å². The number of carbonyl (C=O) groups excluding carboxylic acids is 2. The summed E-state index contributed by atoms with van der Waals surface area (Å²) in [6.45, 7) is 6.11. The van der Waals surface area contributed by atoms with E-state index in [0.717, 1.165) is 17.9 Å². The number of rotatable bonds is 5. The van der Waals surface area contributed by atoms with Gasteiger partial charge in [0, 0.05) is 17.9 Å². The summed E-state index contributed by atoms with van der Waals surface area (Å²) < 4.78 is 7.08. The van der Waals surface area contributed by atoms with E-state index in [1.54, 1.807) is 30.3 Å². The zero-order valence-corrected chi connectivity index (χ0v) is 13.9. The summed E-state index contributed by atoms with van der Waals surface area (Å²) in [6.07, 6.45) is 0. The number of aromatic nitrogens is 1. The molecule has 6 heteroatoms. The minimum absolute atomic E-state index is 0.351. The Kier molecular flexibility index (Phi) is 5.38. The van der Waals surface area contributed by atoms with Crippen molar-refractivity contribution < 1.29 is 14.3 Å². The van der Waals surface area contributed by atoms with Crippen molar-refractivity contribution in [3.8, 4) is 6.07 Å². The normalized spacial score (nSPS) is 10.1. The standard InChI is InChI=1S/C18H19N3O3/c1-4-21-12(2)9-15(13(21)3)18(23)24-11-17(22)20-16-8-6-5-7-14(16)10-19/h5-9H,4,11H2,1-3H3,(H,20,22). The average Bonchev–Trinajstić information content (AvgIpc) is 2.87. The third kappa shape index (κ3) is 3.63. The second-order valence-electron chi connectivity index (χ2n) is 5.31. The Morgan fingerprint density at radius 3 is 2.62 bits per heavy atom. The number of para-hydroxylation sites is 1. The Morgan fingerprint density at radius 2 is 2.00 bits per heavy atom. The molecule has 0 spiro atoms. The van der Waals surface area contributed by atoms with Crippen LogP contribution >= 0.6 is 0 Å². The number of esters is 1. The second-order valence-corrected chi connectivity index (χ2v) is 5.31. The van der Waals surface area contributed by atoms with Crippen LogP contribution in [0.2, 0.25) is 0 Å². The quantitative estimate of drug-likeness (QED) is 0.857. The summed E-state index contributed by atoms with van der Waals surface area (Å²) in [6, 6.07) is 10.4. The molecular formula is C18H19N3O3. The predicted octanol–water partition coefficient (Wildman–Crippen LogP) is 2.79. The molecule has 2 aromatic rings. The van der Waals surface area contributed by atoms with Crippen LogP contribution in [0.5, 0.6) is 0 Å². The van der Waals surface area contributed by atoms with Crippen LogP contribution in [0.1, 0.15) is 34.2 Å². The fourth-order valence-corrected chi connectivity index (χ4v) is 2.58. The maximum Gasteiger partial charge on any atom is 0.340 e. The smallest absolute Gasteiger partial charge is 0.340 e. The molecule has 1 aromatic heterocycles. The Balaban J connectivity index is 1.99. The maximum atomic E-state index is 12.2. The molecule has 0 bridgehead atoms. The molecule has 124 valence electrons. The average molecular weight is 325 g/mol. The van der Waals surface area contributed by atoms with E-state index in [9.17, 15) is 9.59 Å². The van der Waals surface area contributed by atoms with Gasteiger partial charge in [0.2, 0.25) is 0 Å². The first-order valence-corrected chi connectivity index (χ1v) is 7.60. The van der Waals surface area contributed by atoms with Crippen molar-refractivity contribution >= 4 is 17.6 Å². The third-order valence-corrected chi connectivity index (χ3v) is 3.77. The monoisotopic (exact) mass is 325 g/mol. The van der Waals surface area contributed by atoms with Gasteiger partial charge in [0.1, 0.15) is 6.07 Å². The van der Waals surface area contributed by atoms with Gasteiger partial charge in [-0.05, 0) is 39.0 Å². The number of benzene rings is 1. The minimum atomic E-state index is -0.536. The van der Waals surface area contributed by atoms with Crippen molar-refractivity contribution in [3.63, 3.8) is 0 Å². The molecule has 0 aliphatic carbocycles. The highest BCUT2D eigenvalue weighted by atomic mass is 16.5. The molecule has 0 atom stereocenters. The molecule has 1 amide bonds. The van der Waals surface area contributed by atoms with E-state index in [1.165, 1.54) is 0 Å². The number of hydrogen-bond acceptors (Lipinski definition) is 4. The number of amides is 1. The number of nitriles is 1. The number of nitrogens with zero attached hydrogens (tertiary/aromatic N) is 2. The molecular weight excluding hydrogens is 306 g/mol. The fraction of sp³-hybridized carbons (Fsp3) is 0.278. The molecule has 0 saturated carbocycles. The molecule has 24 heavy (non-hydrogen) atoms. The third-order valence-electron chi connectivity index (χ3n) is 3.77. The van der Waals surface area contributed by atoms with Gasteiger partial charge in [0.15, 0.2) is 6.61 Å². The van der Waals surface area contributed by atoms with E-state index in [2.05, 4.69) is 5.32 Å². The zero-order valence-electron chi connectivity index (χ0n) is 13.9. The van der Waals surface area contributed by atoms with Crippen molar-refractivity contribution in [1.29, 1.82) is 5.26 Å². The lowest BCUT2D eigenvalue weighted by molar-refractivity contribution is -0.119. The Hall–Kier alpha value is -3.07. The lowest BCUT2D eigenvalue weighted by Gasteiger charge is -2.08. The van der Waals surface area contributed by atoms with Crippen LogP contribution < -0.4 is 5.32 Å². The molecule has 1 aromatic carbocycles. The summed E-state index contributed by atoms with van der Waals surface area (Å²) in [4.78, 5) is 24.1. The molecule has 2 rings (SSSR count). The predicted molar refractivity (Wildman–Crippen MR) is 89.6 cm³/mol. The first-order chi connectivity index (χ1) is 11.5. The largest absolute Gasteiger partial charge is 0.452 e. The van der Waals surface area contributed by atoms with Crippen LogP contribution in [-0.2, 0) is 16.1 Å². The van der Waals surface area contributed by atoms with Crippen LogP contribution in [0.3, 0.4) is 0 Å². The maximum absolute atomic E-state index is 12.2. The SMILES string of the molecule is CCn1c(C)cc(C(=O)OCC(=O)Nc2ccccc2C#N)c1C. The molecule has 0 radical (unpaired) electrons. The van der Waals surface area contributed by atoms with Crippen molar-refractivity contribution in [2.45, 2.75) is 27.3 Å². The molecule has 6 nitrogen and oxygen atoms in total. The van der Waals surface area contributed by atoms with E-state index >= 15 is 0 Å². The van der Waals surface area contributed by atoms with Crippen molar-refractivity contribution in [2.24, 2.45) is 0 Å². The molecule has 1 heterocycles. The van der Waals surface area contributed by atoms with Crippen LogP contribution in [0, 0.1) is 25.2 Å². The van der Waals surface area contributed by atoms with Crippen molar-refractivity contribution in [3.05, 3.63) is 52.8 Å². The molecule has 0 aliphatic rings. The van der Waals surface area contributed by atoms with Gasteiger partial charge in [-0.1, -0.05) is 12.1 Å². The lowest BCUT2D eigenvalue weighted by atomic mass is 10.2. The highest BCUT2D eigenvalue weighted by Crippen LogP contribution is 2.16. The van der Waals surface area contributed by atoms with Gasteiger partial charge in [0.25, 0.3) is 5.91 Å². The summed E-state index contributed by atoms with van der Waals surface area (Å²) in [5, 5.41) is 11.6. The first kappa shape index (κ1) is 17.3. The van der Waals surface area contributed by atoms with Gasteiger partial charge in [-0.25, -0.2) is 4.79 Å². The van der Waals surface area contributed by atoms with Gasteiger partial charge in [-0.3, -0.25) is 4.79 Å². The van der Waals surface area contributed by atoms with Gasteiger partial charge in [0.05, 0.1) is 16.8 Å². The number of hydrogen-bond donors (Lipinski definition) is 1. The highest BCUT2D eigenvalue weighted by molar-refractivity contribution is 5.96. The van der Waals surface area contributed by atoms with Gasteiger partial charge in [-0.2, -0.15) is 5.26 Å². The van der Waals surface area contributed by atoms with Gasteiger partial charge < -0.3 is 14.6 Å². The molecule has 1 N–H and O–H groups in total. The number of carbonyl (C=O) groups is 2. The number of ether oxygens (including phenoxy) is 1. The number of aryl methyl sites for hydroxylation is 1. The molecule has 0 aliphatic heterocycles. The summed E-state index contributed by atoms with van der Waals surface area (Å²) in [5.41, 5.74) is 2.98. The highest BCUT2D eigenvalue weighted by Gasteiger charge is 2.17. The van der Waals surface area contributed by atoms with E-state index < -0.39 is 18.5 Å². The van der Waals surface area contributed by atoms with Crippen LogP contribution in [0.25, 0.3) is 0 Å². The molecule has 0 saturated heterocycles. The van der Waals surface area contributed by atoms with Crippen LogP contribution in [0.4, 0.5) is 5.69 Å². The summed E-state index contributed by atoms with van der Waals surface area (Å²) in [7, 11) is 0. The van der Waals surface area contributed by atoms with Gasteiger partial charge in [-0.15, -0.1) is 0 Å². The van der Waals surface area contributed by atoms with Crippen LogP contribution in [0.15, 0.2) is 30.3 Å².